The Labute approximate surface area is 116 Å². The fraction of sp³-hybridized carbons (Fsp3) is 0.333. The number of hydrogen-bond acceptors (Lipinski definition) is 3. The van der Waals surface area contributed by atoms with Crippen LogP contribution in [-0.4, -0.2) is 22.7 Å². The van der Waals surface area contributed by atoms with Gasteiger partial charge in [-0.1, -0.05) is 29.9 Å². The van der Waals surface area contributed by atoms with Gasteiger partial charge in [-0.25, -0.2) is 0 Å². The second-order valence-electron chi connectivity index (χ2n) is 4.45. The Kier molecular flexibility index (Phi) is 4.53. The van der Waals surface area contributed by atoms with Crippen LogP contribution in [0.1, 0.15) is 19.4 Å². The van der Waals surface area contributed by atoms with Crippen LogP contribution in [0.4, 0.5) is 0 Å². The first-order chi connectivity index (χ1) is 8.25. The van der Waals surface area contributed by atoms with E-state index < -0.39 is 11.4 Å². The average Bonchev–Trinajstić information content (AvgIpc) is 2.25. The highest BCUT2D eigenvalue weighted by atomic mass is 35.5. The van der Waals surface area contributed by atoms with Crippen LogP contribution in [0.25, 0.3) is 0 Å². The maximum atomic E-state index is 11.0. The molecular formula is C12H14ClNO3S. The lowest BCUT2D eigenvalue weighted by Gasteiger charge is -2.21. The first-order valence-corrected chi connectivity index (χ1v) is 5.99. The number of rotatable bonds is 5. The molecule has 6 heteroatoms. The normalized spacial score (nSPS) is 11.1. The number of carboxylic acid groups (broad SMARTS) is 1. The Morgan fingerprint density at radius 1 is 1.56 bits per heavy atom. The first-order valence-electron chi connectivity index (χ1n) is 5.20. The monoisotopic (exact) mass is 287 g/mol. The molecule has 0 atom stereocenters. The lowest BCUT2D eigenvalue weighted by Crippen LogP contribution is -2.31. The van der Waals surface area contributed by atoms with Crippen LogP contribution in [0.3, 0.4) is 0 Å². The molecule has 18 heavy (non-hydrogen) atoms. The summed E-state index contributed by atoms with van der Waals surface area (Å²) in [6.07, 6.45) is 0. The van der Waals surface area contributed by atoms with Gasteiger partial charge in [0.15, 0.2) is 0 Å². The van der Waals surface area contributed by atoms with Crippen LogP contribution in [0, 0.1) is 5.41 Å². The number of ether oxygens (including phenoxy) is 1. The Morgan fingerprint density at radius 2 is 2.17 bits per heavy atom. The third kappa shape index (κ3) is 3.34. The first kappa shape index (κ1) is 14.7. The molecule has 0 spiro atoms. The molecule has 3 N–H and O–H groups in total. The molecular weight excluding hydrogens is 274 g/mol. The van der Waals surface area contributed by atoms with Gasteiger partial charge in [-0.3, -0.25) is 4.79 Å². The van der Waals surface area contributed by atoms with E-state index in [0.29, 0.717) is 16.3 Å². The maximum absolute atomic E-state index is 11.0. The van der Waals surface area contributed by atoms with E-state index in [4.69, 9.17) is 39.4 Å². The zero-order valence-corrected chi connectivity index (χ0v) is 11.6. The highest BCUT2D eigenvalue weighted by Gasteiger charge is 2.28. The SMILES string of the molecule is CC(C)(COc1cccc(Cl)c1C(N)=S)C(=O)O. The molecule has 4 nitrogen and oxygen atoms in total. The Bertz CT molecular complexity index is 488. The summed E-state index contributed by atoms with van der Waals surface area (Å²) >= 11 is 10.9. The number of hydrogen-bond donors (Lipinski definition) is 2. The molecule has 0 aliphatic heterocycles. The summed E-state index contributed by atoms with van der Waals surface area (Å²) < 4.78 is 5.47. The van der Waals surface area contributed by atoms with Crippen LogP contribution in [0.5, 0.6) is 5.75 Å². The molecule has 1 aromatic carbocycles. The van der Waals surface area contributed by atoms with Gasteiger partial charge in [0, 0.05) is 0 Å². The number of carbonyl (C=O) groups is 1. The van der Waals surface area contributed by atoms with Crippen LogP contribution < -0.4 is 10.5 Å². The van der Waals surface area contributed by atoms with Crippen molar-refractivity contribution in [3.63, 3.8) is 0 Å². The van der Waals surface area contributed by atoms with Gasteiger partial charge in [-0.15, -0.1) is 0 Å². The molecule has 0 amide bonds. The van der Waals surface area contributed by atoms with Gasteiger partial charge in [0.1, 0.15) is 17.3 Å². The van der Waals surface area contributed by atoms with Crippen LogP contribution in [0.2, 0.25) is 5.02 Å². The van der Waals surface area contributed by atoms with E-state index in [1.165, 1.54) is 0 Å². The molecule has 1 rings (SSSR count). The standard InChI is InChI=1S/C12H14ClNO3S/c1-12(2,11(15)16)6-17-8-5-3-4-7(13)9(8)10(14)18/h3-5H,6H2,1-2H3,(H2,14,18)(H,15,16). The third-order valence-corrected chi connectivity index (χ3v) is 2.91. The molecule has 0 radical (unpaired) electrons. The van der Waals surface area contributed by atoms with Crippen molar-refractivity contribution in [3.8, 4) is 5.75 Å². The topological polar surface area (TPSA) is 72.5 Å². The molecule has 0 saturated heterocycles. The summed E-state index contributed by atoms with van der Waals surface area (Å²) in [4.78, 5) is 11.1. The fourth-order valence-corrected chi connectivity index (χ4v) is 1.72. The lowest BCUT2D eigenvalue weighted by atomic mass is 9.95. The number of benzene rings is 1. The number of nitrogens with two attached hydrogens (primary N) is 1. The summed E-state index contributed by atoms with van der Waals surface area (Å²) in [5, 5.41) is 9.38. The smallest absolute Gasteiger partial charge is 0.312 e. The molecule has 0 heterocycles. The number of aliphatic carboxylic acids is 1. The fourth-order valence-electron chi connectivity index (χ4n) is 1.18. The van der Waals surface area contributed by atoms with Gasteiger partial charge in [0.25, 0.3) is 0 Å². The highest BCUT2D eigenvalue weighted by Crippen LogP contribution is 2.28. The Morgan fingerprint density at radius 3 is 2.67 bits per heavy atom. The van der Waals surface area contributed by atoms with E-state index in [-0.39, 0.29) is 11.6 Å². The Balaban J connectivity index is 2.96. The highest BCUT2D eigenvalue weighted by molar-refractivity contribution is 7.80. The van der Waals surface area contributed by atoms with E-state index in [1.807, 2.05) is 0 Å². The lowest BCUT2D eigenvalue weighted by molar-refractivity contribution is -0.148. The number of halogens is 1. The summed E-state index contributed by atoms with van der Waals surface area (Å²) in [7, 11) is 0. The summed E-state index contributed by atoms with van der Waals surface area (Å²) in [5.74, 6) is -0.550. The van der Waals surface area contributed by atoms with Crippen molar-refractivity contribution in [1.29, 1.82) is 0 Å². The number of thiocarbonyl (C=S) groups is 1. The van der Waals surface area contributed by atoms with Crippen LogP contribution in [-0.2, 0) is 4.79 Å². The number of carboxylic acids is 1. The van der Waals surface area contributed by atoms with Gasteiger partial charge in [-0.2, -0.15) is 0 Å². The molecule has 0 aliphatic carbocycles. The van der Waals surface area contributed by atoms with Crippen molar-refractivity contribution in [2.45, 2.75) is 13.8 Å². The van der Waals surface area contributed by atoms with Gasteiger partial charge in [0.05, 0.1) is 16.0 Å². The van der Waals surface area contributed by atoms with E-state index in [2.05, 4.69) is 0 Å². The molecule has 0 unspecified atom stereocenters. The third-order valence-electron chi connectivity index (χ3n) is 2.39. The van der Waals surface area contributed by atoms with Crippen molar-refractivity contribution in [2.75, 3.05) is 6.61 Å². The molecule has 0 fully saturated rings. The van der Waals surface area contributed by atoms with E-state index in [0.717, 1.165) is 0 Å². The molecule has 98 valence electrons. The van der Waals surface area contributed by atoms with Crippen molar-refractivity contribution < 1.29 is 14.6 Å². The van der Waals surface area contributed by atoms with Gasteiger partial charge >= 0.3 is 5.97 Å². The summed E-state index contributed by atoms with van der Waals surface area (Å²) in [6.45, 7) is 3.14. The van der Waals surface area contributed by atoms with Gasteiger partial charge < -0.3 is 15.6 Å². The van der Waals surface area contributed by atoms with E-state index in [1.54, 1.807) is 32.0 Å². The molecule has 1 aromatic rings. The minimum atomic E-state index is -1.00. The zero-order valence-electron chi connectivity index (χ0n) is 10.1. The summed E-state index contributed by atoms with van der Waals surface area (Å²) in [5.41, 5.74) is 4.99. The second kappa shape index (κ2) is 5.54. The van der Waals surface area contributed by atoms with Crippen molar-refractivity contribution in [3.05, 3.63) is 28.8 Å². The zero-order chi connectivity index (χ0) is 13.9. The molecule has 0 aromatic heterocycles. The minimum absolute atomic E-state index is 0.00170. The maximum Gasteiger partial charge on any atom is 0.312 e. The van der Waals surface area contributed by atoms with Crippen LogP contribution in [0.15, 0.2) is 18.2 Å². The van der Waals surface area contributed by atoms with Crippen molar-refractivity contribution in [2.24, 2.45) is 11.1 Å². The van der Waals surface area contributed by atoms with Crippen molar-refractivity contribution in [1.82, 2.24) is 0 Å². The van der Waals surface area contributed by atoms with Crippen LogP contribution >= 0.6 is 23.8 Å². The van der Waals surface area contributed by atoms with Gasteiger partial charge in [-0.05, 0) is 26.0 Å². The average molecular weight is 288 g/mol. The summed E-state index contributed by atoms with van der Waals surface area (Å²) in [6, 6.07) is 4.98. The molecule has 0 aliphatic rings. The quantitative estimate of drug-likeness (QED) is 0.814. The van der Waals surface area contributed by atoms with E-state index in [9.17, 15) is 4.79 Å². The molecule has 0 bridgehead atoms. The Hall–Kier alpha value is -1.33. The predicted molar refractivity (Wildman–Crippen MR) is 74.3 cm³/mol. The molecule has 0 saturated carbocycles. The van der Waals surface area contributed by atoms with E-state index >= 15 is 0 Å². The largest absolute Gasteiger partial charge is 0.492 e. The van der Waals surface area contributed by atoms with Crippen molar-refractivity contribution >= 4 is 34.8 Å². The second-order valence-corrected chi connectivity index (χ2v) is 5.30. The predicted octanol–water partition coefficient (Wildman–Crippen LogP) is 2.46. The van der Waals surface area contributed by atoms with Gasteiger partial charge in [0.2, 0.25) is 0 Å². The minimum Gasteiger partial charge on any atom is -0.492 e.